The van der Waals surface area contributed by atoms with Gasteiger partial charge in [-0.1, -0.05) is 322 Å². The van der Waals surface area contributed by atoms with Gasteiger partial charge in [-0.15, -0.1) is 0 Å². The van der Waals surface area contributed by atoms with Gasteiger partial charge in [-0.2, -0.15) is 9.97 Å². The molecule has 446 valence electrons. The summed E-state index contributed by atoms with van der Waals surface area (Å²) < 4.78 is 4.74. The first-order valence-corrected chi connectivity index (χ1v) is 36.7. The topological polar surface area (TPSA) is 48.5 Å². The molecule has 0 fully saturated rings. The Labute approximate surface area is 553 Å². The molecule has 0 aliphatic heterocycles. The van der Waals surface area contributed by atoms with Crippen molar-refractivity contribution in [1.82, 2.24) is 24.1 Å². The van der Waals surface area contributed by atoms with Gasteiger partial charge in [-0.3, -0.25) is 4.57 Å². The van der Waals surface area contributed by atoms with Gasteiger partial charge in [0.2, 0.25) is 5.95 Å². The first kappa shape index (κ1) is 55.9. The van der Waals surface area contributed by atoms with Gasteiger partial charge in [0.25, 0.3) is 0 Å². The molecule has 14 aromatic carbocycles. The summed E-state index contributed by atoms with van der Waals surface area (Å²) in [7, 11) is -5.71. The van der Waals surface area contributed by atoms with Crippen molar-refractivity contribution in [3.05, 3.63) is 381 Å². The highest BCUT2D eigenvalue weighted by atomic mass is 28.3. The summed E-state index contributed by atoms with van der Waals surface area (Å²) in [5, 5.41) is 15.4. The molecule has 0 bridgehead atoms. The van der Waals surface area contributed by atoms with Gasteiger partial charge >= 0.3 is 0 Å². The van der Waals surface area contributed by atoms with E-state index < -0.39 is 16.1 Å². The van der Waals surface area contributed by atoms with Gasteiger partial charge in [-0.05, 0) is 112 Å². The van der Waals surface area contributed by atoms with Crippen LogP contribution < -0.4 is 41.5 Å². The fourth-order valence-electron chi connectivity index (χ4n) is 15.9. The number of fused-ring (bicyclic) bond motifs is 9. The predicted octanol–water partition coefficient (Wildman–Crippen LogP) is 15.3. The van der Waals surface area contributed by atoms with Crippen LogP contribution in [-0.2, 0) is 0 Å². The van der Waals surface area contributed by atoms with Gasteiger partial charge < -0.3 is 4.57 Å². The molecule has 5 nitrogen and oxygen atoms in total. The average Bonchev–Trinajstić information content (AvgIpc) is 1.33. The average molecular weight is 1240 g/mol. The Morgan fingerprint density at radius 2 is 0.621 bits per heavy atom. The van der Waals surface area contributed by atoms with Crippen molar-refractivity contribution in [3.63, 3.8) is 0 Å². The maximum absolute atomic E-state index is 5.41. The highest BCUT2D eigenvalue weighted by Gasteiger charge is 2.44. The minimum Gasteiger partial charge on any atom is -0.309 e. The molecule has 3 aromatic heterocycles. The number of para-hydroxylation sites is 1. The van der Waals surface area contributed by atoms with Crippen LogP contribution in [-0.4, -0.2) is 40.2 Å². The molecule has 0 saturated heterocycles. The van der Waals surface area contributed by atoms with Crippen molar-refractivity contribution in [2.75, 3.05) is 0 Å². The first-order chi connectivity index (χ1) is 47.1. The van der Waals surface area contributed by atoms with Gasteiger partial charge in [0.1, 0.15) is 0 Å². The summed E-state index contributed by atoms with van der Waals surface area (Å²) in [4.78, 5) is 16.0. The monoisotopic (exact) mass is 1240 g/mol. The summed E-state index contributed by atoms with van der Waals surface area (Å²) >= 11 is 0. The van der Waals surface area contributed by atoms with Gasteiger partial charge in [0, 0.05) is 44.3 Å². The third kappa shape index (κ3) is 8.99. The van der Waals surface area contributed by atoms with Crippen LogP contribution in [0.25, 0.3) is 89.2 Å². The number of aromatic nitrogens is 5. The zero-order chi connectivity index (χ0) is 62.9. The lowest BCUT2D eigenvalue weighted by Crippen LogP contribution is -2.74. The van der Waals surface area contributed by atoms with Crippen molar-refractivity contribution in [1.29, 1.82) is 0 Å². The lowest BCUT2D eigenvalue weighted by Gasteiger charge is -2.35. The number of hydrogen-bond acceptors (Lipinski definition) is 3. The smallest absolute Gasteiger partial charge is 0.238 e. The van der Waals surface area contributed by atoms with Crippen molar-refractivity contribution in [3.8, 4) is 45.5 Å². The molecule has 0 radical (unpaired) electrons. The van der Waals surface area contributed by atoms with Crippen LogP contribution in [0.3, 0.4) is 0 Å². The van der Waals surface area contributed by atoms with E-state index in [0.29, 0.717) is 17.6 Å². The van der Waals surface area contributed by atoms with E-state index in [9.17, 15) is 0 Å². The predicted molar refractivity (Wildman–Crippen MR) is 399 cm³/mol. The van der Waals surface area contributed by atoms with E-state index in [1.807, 2.05) is 36.4 Å². The van der Waals surface area contributed by atoms with E-state index in [1.54, 1.807) is 0 Å². The van der Waals surface area contributed by atoms with Crippen molar-refractivity contribution in [2.45, 2.75) is 5.92 Å². The van der Waals surface area contributed by atoms with Crippen LogP contribution in [0.2, 0.25) is 0 Å². The van der Waals surface area contributed by atoms with E-state index >= 15 is 0 Å². The second-order valence-corrected chi connectivity index (χ2v) is 32.5. The fraction of sp³-hybridized carbons (Fsp3) is 0.0114. The second-order valence-electron chi connectivity index (χ2n) is 24.9. The Morgan fingerprint density at radius 3 is 1.15 bits per heavy atom. The highest BCUT2D eigenvalue weighted by Crippen LogP contribution is 2.49. The standard InChI is InChI=1S/C88H61N5Si2/c1-9-29-61(30-10-1)86-89-87(62-31-11-2-12-32-62)91-88(90-86)93-83-54-49-63(85-75-47-26-25-45-73(75)77-59-71(51-53-76(77)85)94(65-33-13-3-14-34-65,66-35-15-4-16-36-66)67-37-17-5-18-38-67)57-78(83)79-58-64(50-55-84(79)93)92-81-48-28-27-46-74(81)80-60-72(52-56-82(80)92)95(68-39-19-6-20-40-68,69-41-21-7-22-42-69)70-43-23-8-24-44-70/h1-60,85H. The Balaban J connectivity index is 0.865. The molecular weight excluding hydrogens is 1180 g/mol. The van der Waals surface area contributed by atoms with Crippen LogP contribution >= 0.6 is 0 Å². The minimum absolute atomic E-state index is 0.0427. The van der Waals surface area contributed by atoms with Crippen LogP contribution in [0.15, 0.2) is 364 Å². The number of nitrogens with zero attached hydrogens (tertiary/aromatic N) is 5. The Kier molecular flexibility index (Phi) is 13.6. The summed E-state index contributed by atoms with van der Waals surface area (Å²) in [5.74, 6) is 1.73. The van der Waals surface area contributed by atoms with Crippen LogP contribution in [0, 0.1) is 0 Å². The van der Waals surface area contributed by atoms with E-state index in [1.165, 1.54) is 80.1 Å². The molecule has 1 unspecified atom stereocenters. The molecular formula is C88H61N5Si2. The molecule has 0 saturated carbocycles. The largest absolute Gasteiger partial charge is 0.309 e. The summed E-state index contributed by atoms with van der Waals surface area (Å²) in [6, 6.07) is 135. The Hall–Kier alpha value is -11.9. The molecule has 0 amide bonds. The Bertz CT molecular complexity index is 5460. The zero-order valence-corrected chi connectivity index (χ0v) is 54.0. The molecule has 1 atom stereocenters. The molecule has 1 aliphatic carbocycles. The Morgan fingerprint density at radius 1 is 0.242 bits per heavy atom. The van der Waals surface area contributed by atoms with Crippen LogP contribution in [0.4, 0.5) is 0 Å². The molecule has 18 rings (SSSR count). The summed E-state index contributed by atoms with van der Waals surface area (Å²) in [6.07, 6.45) is 0. The third-order valence-corrected chi connectivity index (χ3v) is 29.5. The van der Waals surface area contributed by atoms with Crippen LogP contribution in [0.5, 0.6) is 0 Å². The molecule has 0 N–H and O–H groups in total. The lowest BCUT2D eigenvalue weighted by molar-refractivity contribution is 0.952. The summed E-state index contributed by atoms with van der Waals surface area (Å²) in [5.41, 5.74) is 13.6. The van der Waals surface area contributed by atoms with Gasteiger partial charge in [-0.25, -0.2) is 4.98 Å². The van der Waals surface area contributed by atoms with E-state index in [0.717, 1.165) is 49.7 Å². The van der Waals surface area contributed by atoms with E-state index in [4.69, 9.17) is 15.0 Å². The van der Waals surface area contributed by atoms with E-state index in [-0.39, 0.29) is 5.92 Å². The number of rotatable bonds is 13. The second kappa shape index (κ2) is 23.1. The lowest BCUT2D eigenvalue weighted by atomic mass is 9.88. The van der Waals surface area contributed by atoms with Gasteiger partial charge in [0.15, 0.2) is 27.8 Å². The molecule has 7 heteroatoms. The van der Waals surface area contributed by atoms with Crippen molar-refractivity contribution < 1.29 is 0 Å². The fourth-order valence-corrected chi connectivity index (χ4v) is 25.4. The maximum Gasteiger partial charge on any atom is 0.238 e. The molecule has 95 heavy (non-hydrogen) atoms. The van der Waals surface area contributed by atoms with E-state index in [2.05, 4.69) is 337 Å². The molecule has 17 aromatic rings. The van der Waals surface area contributed by atoms with Crippen molar-refractivity contribution >= 4 is 101 Å². The quantitative estimate of drug-likeness (QED) is 0.0854. The zero-order valence-electron chi connectivity index (χ0n) is 52.0. The highest BCUT2D eigenvalue weighted by molar-refractivity contribution is 7.20. The first-order valence-electron chi connectivity index (χ1n) is 32.7. The molecule has 3 heterocycles. The normalized spacial score (nSPS) is 12.9. The summed E-state index contributed by atoms with van der Waals surface area (Å²) in [6.45, 7) is 0. The number of benzene rings is 14. The van der Waals surface area contributed by atoms with Crippen molar-refractivity contribution in [2.24, 2.45) is 0 Å². The molecule has 1 aliphatic rings. The van der Waals surface area contributed by atoms with Crippen LogP contribution in [0.1, 0.15) is 22.6 Å². The van der Waals surface area contributed by atoms with Gasteiger partial charge in [0.05, 0.1) is 22.1 Å². The molecule has 0 spiro atoms. The SMILES string of the molecule is c1ccc(-c2nc(-c3ccccc3)nc(-n3c4ccc(C5c6ccccc6-c6cc([Si](c7ccccc7)(c7ccccc7)c7ccccc7)ccc65)cc4c4cc(-n5c6ccccc6c6cc([Si](c7ccccc7)(c7ccccc7)c7ccccc7)ccc65)ccc43)n2)cc1. The third-order valence-electron chi connectivity index (χ3n) is 20.0. The minimum atomic E-state index is -2.86. The number of hydrogen-bond donors (Lipinski definition) is 0. The maximum atomic E-state index is 5.41.